The smallest absolute Gasteiger partial charge is 0.279 e. The largest absolute Gasteiger partial charge is 0.481 e. The molecule has 2 aromatic carbocycles. The van der Waals surface area contributed by atoms with Gasteiger partial charge in [-0.1, -0.05) is 30.3 Å². The Morgan fingerprint density at radius 3 is 2.61 bits per heavy atom. The van der Waals surface area contributed by atoms with Gasteiger partial charge in [0.2, 0.25) is 0 Å². The molecule has 2 N–H and O–H groups in total. The topological polar surface area (TPSA) is 67.4 Å². The molecule has 144 valence electrons. The fraction of sp³-hybridized carbons (Fsp3) is 0.273. The molecule has 1 heterocycles. The summed E-state index contributed by atoms with van der Waals surface area (Å²) in [6, 6.07) is 15.6. The second-order valence-electron chi connectivity index (χ2n) is 6.98. The van der Waals surface area contributed by atoms with Crippen LogP contribution in [0.25, 0.3) is 10.8 Å². The average molecular weight is 394 g/mol. The number of rotatable bonds is 4. The Bertz CT molecular complexity index is 1000. The highest BCUT2D eigenvalue weighted by molar-refractivity contribution is 7.14. The van der Waals surface area contributed by atoms with Crippen LogP contribution >= 0.6 is 11.3 Å². The molecule has 3 aromatic rings. The molecule has 5 nitrogen and oxygen atoms in total. The molecule has 0 aliphatic heterocycles. The van der Waals surface area contributed by atoms with Crippen LogP contribution in [0.3, 0.4) is 0 Å². The third-order valence-electron chi connectivity index (χ3n) is 4.92. The van der Waals surface area contributed by atoms with E-state index in [4.69, 9.17) is 4.74 Å². The molecule has 0 saturated carbocycles. The quantitative estimate of drug-likeness (QED) is 0.657. The number of hydrazine groups is 1. The van der Waals surface area contributed by atoms with Crippen molar-refractivity contribution in [3.63, 3.8) is 0 Å². The second kappa shape index (κ2) is 8.02. The maximum absolute atomic E-state index is 12.3. The van der Waals surface area contributed by atoms with E-state index in [1.165, 1.54) is 34.6 Å². The van der Waals surface area contributed by atoms with Crippen molar-refractivity contribution in [2.75, 3.05) is 0 Å². The lowest BCUT2D eigenvalue weighted by molar-refractivity contribution is -0.128. The average Bonchev–Trinajstić information content (AvgIpc) is 3.16. The van der Waals surface area contributed by atoms with E-state index in [9.17, 15) is 9.59 Å². The first-order valence-electron chi connectivity index (χ1n) is 9.47. The van der Waals surface area contributed by atoms with E-state index < -0.39 is 12.0 Å². The van der Waals surface area contributed by atoms with Gasteiger partial charge >= 0.3 is 0 Å². The number of fused-ring (bicyclic) bond motifs is 2. The number of thiophene rings is 1. The van der Waals surface area contributed by atoms with Crippen LogP contribution < -0.4 is 15.6 Å². The molecule has 0 fully saturated rings. The monoisotopic (exact) mass is 394 g/mol. The van der Waals surface area contributed by atoms with Crippen molar-refractivity contribution >= 4 is 33.9 Å². The van der Waals surface area contributed by atoms with Crippen molar-refractivity contribution in [2.24, 2.45) is 0 Å². The van der Waals surface area contributed by atoms with Gasteiger partial charge in [0.25, 0.3) is 11.8 Å². The minimum absolute atomic E-state index is 0.286. The van der Waals surface area contributed by atoms with Gasteiger partial charge in [0.15, 0.2) is 6.10 Å². The van der Waals surface area contributed by atoms with E-state index in [1.54, 1.807) is 6.92 Å². The van der Waals surface area contributed by atoms with Crippen LogP contribution in [0.5, 0.6) is 5.75 Å². The molecule has 2 amide bonds. The van der Waals surface area contributed by atoms with Crippen molar-refractivity contribution in [2.45, 2.75) is 38.7 Å². The minimum Gasteiger partial charge on any atom is -0.481 e. The van der Waals surface area contributed by atoms with Gasteiger partial charge in [-0.2, -0.15) is 0 Å². The Kier molecular flexibility index (Phi) is 5.30. The Morgan fingerprint density at radius 1 is 1.00 bits per heavy atom. The molecule has 1 atom stereocenters. The number of ether oxygens (including phenoxy) is 1. The molecule has 0 spiro atoms. The van der Waals surface area contributed by atoms with Crippen LogP contribution in [0.4, 0.5) is 0 Å². The Hall–Kier alpha value is -2.86. The van der Waals surface area contributed by atoms with Crippen LogP contribution in [0.15, 0.2) is 48.5 Å². The van der Waals surface area contributed by atoms with E-state index >= 15 is 0 Å². The molecule has 6 heteroatoms. The van der Waals surface area contributed by atoms with Crippen LogP contribution in [0, 0.1) is 0 Å². The van der Waals surface area contributed by atoms with Crippen molar-refractivity contribution < 1.29 is 14.3 Å². The summed E-state index contributed by atoms with van der Waals surface area (Å²) < 4.78 is 5.73. The molecule has 4 rings (SSSR count). The Morgan fingerprint density at radius 2 is 1.79 bits per heavy atom. The van der Waals surface area contributed by atoms with Crippen LogP contribution in [0.2, 0.25) is 0 Å². The summed E-state index contributed by atoms with van der Waals surface area (Å²) in [5.74, 6) is -0.0768. The van der Waals surface area contributed by atoms with Crippen molar-refractivity contribution in [3.8, 4) is 5.75 Å². The third-order valence-corrected chi connectivity index (χ3v) is 6.16. The molecule has 0 bridgehead atoms. The van der Waals surface area contributed by atoms with Gasteiger partial charge in [0, 0.05) is 4.88 Å². The molecule has 0 radical (unpaired) electrons. The lowest BCUT2D eigenvalue weighted by Crippen LogP contribution is -2.47. The van der Waals surface area contributed by atoms with Gasteiger partial charge in [-0.3, -0.25) is 20.4 Å². The number of carbonyl (C=O) groups excluding carboxylic acids is 2. The molecule has 1 aliphatic carbocycles. The summed E-state index contributed by atoms with van der Waals surface area (Å²) in [5, 5.41) is 2.15. The van der Waals surface area contributed by atoms with Gasteiger partial charge in [0.1, 0.15) is 5.75 Å². The van der Waals surface area contributed by atoms with Crippen LogP contribution in [-0.4, -0.2) is 17.9 Å². The lowest BCUT2D eigenvalue weighted by Gasteiger charge is -2.15. The number of aryl methyl sites for hydroxylation is 2. The van der Waals surface area contributed by atoms with Gasteiger partial charge in [-0.25, -0.2) is 0 Å². The standard InChI is InChI=1S/C22H22N2O3S/c1-14(27-18-11-10-15-6-2-3-7-16(15)12-18)21(25)23-24-22(26)20-13-17-8-4-5-9-19(17)28-20/h2-3,6-7,10-14H,4-5,8-9H2,1H3,(H,23,25)(H,24,26). The van der Waals surface area contributed by atoms with Crippen molar-refractivity contribution in [3.05, 3.63) is 63.8 Å². The van der Waals surface area contributed by atoms with Gasteiger partial charge < -0.3 is 4.74 Å². The molecular formula is C22H22N2O3S. The second-order valence-corrected chi connectivity index (χ2v) is 8.12. The first-order valence-corrected chi connectivity index (χ1v) is 10.3. The number of hydrogen-bond acceptors (Lipinski definition) is 4. The summed E-state index contributed by atoms with van der Waals surface area (Å²) in [4.78, 5) is 26.6. The maximum Gasteiger partial charge on any atom is 0.279 e. The zero-order valence-electron chi connectivity index (χ0n) is 15.7. The normalized spacial score (nSPS) is 14.2. The molecule has 1 unspecified atom stereocenters. The number of amides is 2. The lowest BCUT2D eigenvalue weighted by atomic mass is 9.99. The molecular weight excluding hydrogens is 372 g/mol. The Balaban J connectivity index is 1.33. The first kappa shape index (κ1) is 18.5. The number of carbonyl (C=O) groups is 2. The highest BCUT2D eigenvalue weighted by Crippen LogP contribution is 2.29. The van der Waals surface area contributed by atoms with Gasteiger partial charge in [-0.15, -0.1) is 11.3 Å². The predicted molar refractivity (Wildman–Crippen MR) is 111 cm³/mol. The molecule has 1 aliphatic rings. The minimum atomic E-state index is -0.738. The summed E-state index contributed by atoms with van der Waals surface area (Å²) in [5.41, 5.74) is 6.22. The summed E-state index contributed by atoms with van der Waals surface area (Å²) in [7, 11) is 0. The van der Waals surface area contributed by atoms with Crippen LogP contribution in [0.1, 0.15) is 39.9 Å². The third kappa shape index (κ3) is 4.02. The molecule has 28 heavy (non-hydrogen) atoms. The van der Waals surface area contributed by atoms with E-state index in [1.807, 2.05) is 48.5 Å². The zero-order chi connectivity index (χ0) is 19.5. The van der Waals surface area contributed by atoms with Crippen LogP contribution in [-0.2, 0) is 17.6 Å². The summed E-state index contributed by atoms with van der Waals surface area (Å²) >= 11 is 1.51. The highest BCUT2D eigenvalue weighted by Gasteiger charge is 2.19. The SMILES string of the molecule is CC(Oc1ccc2ccccc2c1)C(=O)NNC(=O)c1cc2c(s1)CCCC2. The maximum atomic E-state index is 12.3. The van der Waals surface area contributed by atoms with E-state index in [2.05, 4.69) is 10.9 Å². The highest BCUT2D eigenvalue weighted by atomic mass is 32.1. The number of hydrogen-bond donors (Lipinski definition) is 2. The fourth-order valence-corrected chi connectivity index (χ4v) is 4.53. The first-order chi connectivity index (χ1) is 13.6. The van der Waals surface area contributed by atoms with Crippen molar-refractivity contribution in [1.29, 1.82) is 0 Å². The van der Waals surface area contributed by atoms with Crippen molar-refractivity contribution in [1.82, 2.24) is 10.9 Å². The summed E-state index contributed by atoms with van der Waals surface area (Å²) in [6.45, 7) is 1.65. The summed E-state index contributed by atoms with van der Waals surface area (Å²) in [6.07, 6.45) is 3.68. The molecule has 1 aromatic heterocycles. The fourth-order valence-electron chi connectivity index (χ4n) is 3.38. The number of nitrogens with one attached hydrogen (secondary N) is 2. The Labute approximate surface area is 167 Å². The van der Waals surface area contributed by atoms with Gasteiger partial charge in [0.05, 0.1) is 4.88 Å². The van der Waals surface area contributed by atoms with E-state index in [0.29, 0.717) is 10.6 Å². The molecule has 0 saturated heterocycles. The van der Waals surface area contributed by atoms with Gasteiger partial charge in [-0.05, 0) is 67.1 Å². The predicted octanol–water partition coefficient (Wildman–Crippen LogP) is 4.01. The number of benzene rings is 2. The van der Waals surface area contributed by atoms with E-state index in [0.717, 1.165) is 23.6 Å². The van der Waals surface area contributed by atoms with E-state index in [-0.39, 0.29) is 5.91 Å². The zero-order valence-corrected chi connectivity index (χ0v) is 16.5.